The van der Waals surface area contributed by atoms with Crippen molar-refractivity contribution in [2.45, 2.75) is 40.0 Å². The van der Waals surface area contributed by atoms with Crippen molar-refractivity contribution >= 4 is 29.9 Å². The van der Waals surface area contributed by atoms with Gasteiger partial charge in [-0.3, -0.25) is 0 Å². The number of methoxy groups -OCH3 is 1. The number of nitrogens with zero attached hydrogens (tertiary/aromatic N) is 1. The van der Waals surface area contributed by atoms with E-state index in [0.29, 0.717) is 6.54 Å². The number of nitrogens with one attached hydrogen (secondary N) is 2. The number of hydrogen-bond donors (Lipinski definition) is 3. The summed E-state index contributed by atoms with van der Waals surface area (Å²) in [6, 6.07) is 14.0. The van der Waals surface area contributed by atoms with Crippen LogP contribution in [0.15, 0.2) is 47.5 Å². The van der Waals surface area contributed by atoms with Crippen LogP contribution in [0.3, 0.4) is 0 Å². The topological polar surface area (TPSA) is 65.9 Å². The van der Waals surface area contributed by atoms with Crippen LogP contribution in [0, 0.1) is 6.92 Å². The van der Waals surface area contributed by atoms with E-state index >= 15 is 0 Å². The Morgan fingerprint density at radius 1 is 1.19 bits per heavy atom. The maximum atomic E-state index is 9.47. The first kappa shape index (κ1) is 23.2. The largest absolute Gasteiger partial charge is 0.496 e. The molecule has 0 aliphatic rings. The molecule has 0 amide bonds. The minimum absolute atomic E-state index is 0. The third kappa shape index (κ3) is 6.70. The summed E-state index contributed by atoms with van der Waals surface area (Å²) in [6.45, 7) is 7.49. The zero-order valence-electron chi connectivity index (χ0n) is 16.5. The second kappa shape index (κ2) is 11.8. The second-order valence-electron chi connectivity index (χ2n) is 6.23. The molecule has 5 nitrogen and oxygen atoms in total. The third-order valence-corrected chi connectivity index (χ3v) is 4.25. The molecule has 0 aromatic heterocycles. The fourth-order valence-corrected chi connectivity index (χ4v) is 2.83. The van der Waals surface area contributed by atoms with E-state index < -0.39 is 0 Å². The molecule has 1 unspecified atom stereocenters. The van der Waals surface area contributed by atoms with Gasteiger partial charge in [0.2, 0.25) is 0 Å². The molecule has 2 rings (SSSR count). The van der Waals surface area contributed by atoms with Gasteiger partial charge in [-0.05, 0) is 38.0 Å². The standard InChI is InChI=1S/C21H29N3O2.HI/c1-5-22-21(23-13-17-8-6-7-9-18(17)14-25)24-16(3)19-12-15(2)10-11-20(19)26-4;/h6-12,16,25H,5,13-14H2,1-4H3,(H2,22,23,24);1H. The van der Waals surface area contributed by atoms with Gasteiger partial charge < -0.3 is 20.5 Å². The average Bonchev–Trinajstić information content (AvgIpc) is 2.66. The lowest BCUT2D eigenvalue weighted by atomic mass is 10.0. The van der Waals surface area contributed by atoms with Crippen molar-refractivity contribution in [2.24, 2.45) is 4.99 Å². The first-order chi connectivity index (χ1) is 12.6. The van der Waals surface area contributed by atoms with Crippen LogP contribution in [0.25, 0.3) is 0 Å². The SMILES string of the molecule is CCNC(=NCc1ccccc1CO)NC(C)c1cc(C)ccc1OC.I. The number of benzene rings is 2. The predicted molar refractivity (Wildman–Crippen MR) is 122 cm³/mol. The normalized spacial score (nSPS) is 12.1. The molecule has 0 spiro atoms. The van der Waals surface area contributed by atoms with Crippen molar-refractivity contribution in [2.75, 3.05) is 13.7 Å². The van der Waals surface area contributed by atoms with E-state index in [-0.39, 0.29) is 36.6 Å². The second-order valence-corrected chi connectivity index (χ2v) is 6.23. The number of ether oxygens (including phenoxy) is 1. The molecule has 0 bridgehead atoms. The summed E-state index contributed by atoms with van der Waals surface area (Å²) in [5.41, 5.74) is 4.20. The van der Waals surface area contributed by atoms with Crippen molar-refractivity contribution < 1.29 is 9.84 Å². The molecule has 0 aliphatic carbocycles. The fourth-order valence-electron chi connectivity index (χ4n) is 2.83. The van der Waals surface area contributed by atoms with Crippen LogP contribution in [-0.4, -0.2) is 24.7 Å². The summed E-state index contributed by atoms with van der Waals surface area (Å²) in [7, 11) is 1.69. The first-order valence-corrected chi connectivity index (χ1v) is 8.96. The molecular weight excluding hydrogens is 453 g/mol. The van der Waals surface area contributed by atoms with Crippen molar-refractivity contribution in [1.82, 2.24) is 10.6 Å². The van der Waals surface area contributed by atoms with Crippen LogP contribution in [0.1, 0.15) is 42.1 Å². The third-order valence-electron chi connectivity index (χ3n) is 4.25. The Bertz CT molecular complexity index is 750. The van der Waals surface area contributed by atoms with Gasteiger partial charge in [0.1, 0.15) is 5.75 Å². The number of aliphatic hydroxyl groups is 1. The number of guanidine groups is 1. The highest BCUT2D eigenvalue weighted by molar-refractivity contribution is 14.0. The Labute approximate surface area is 179 Å². The number of aryl methyl sites for hydroxylation is 1. The van der Waals surface area contributed by atoms with E-state index in [1.165, 1.54) is 5.56 Å². The monoisotopic (exact) mass is 483 g/mol. The lowest BCUT2D eigenvalue weighted by molar-refractivity contribution is 0.280. The molecule has 6 heteroatoms. The van der Waals surface area contributed by atoms with Gasteiger partial charge in [-0.15, -0.1) is 24.0 Å². The molecule has 0 heterocycles. The molecule has 2 aromatic carbocycles. The van der Waals surface area contributed by atoms with E-state index in [9.17, 15) is 5.11 Å². The fraction of sp³-hybridized carbons (Fsp3) is 0.381. The van der Waals surface area contributed by atoms with E-state index in [4.69, 9.17) is 4.74 Å². The summed E-state index contributed by atoms with van der Waals surface area (Å²) >= 11 is 0. The number of rotatable bonds is 7. The minimum atomic E-state index is 0. The van der Waals surface area contributed by atoms with Crippen LogP contribution in [0.2, 0.25) is 0 Å². The predicted octanol–water partition coefficient (Wildman–Crippen LogP) is 3.93. The minimum Gasteiger partial charge on any atom is -0.496 e. The average molecular weight is 483 g/mol. The molecule has 27 heavy (non-hydrogen) atoms. The molecule has 0 saturated heterocycles. The van der Waals surface area contributed by atoms with Gasteiger partial charge in [0, 0.05) is 12.1 Å². The maximum Gasteiger partial charge on any atom is 0.192 e. The zero-order valence-corrected chi connectivity index (χ0v) is 18.8. The number of aliphatic imine (C=N–C) groups is 1. The van der Waals surface area contributed by atoms with Gasteiger partial charge in [0.25, 0.3) is 0 Å². The molecule has 148 valence electrons. The quantitative estimate of drug-likeness (QED) is 0.317. The lowest BCUT2D eigenvalue weighted by Gasteiger charge is -2.21. The van der Waals surface area contributed by atoms with Crippen LogP contribution in [0.5, 0.6) is 5.75 Å². The van der Waals surface area contributed by atoms with Crippen LogP contribution in [-0.2, 0) is 13.2 Å². The van der Waals surface area contributed by atoms with Crippen molar-refractivity contribution in [1.29, 1.82) is 0 Å². The Balaban J connectivity index is 0.00000364. The van der Waals surface area contributed by atoms with E-state index in [2.05, 4.69) is 35.5 Å². The van der Waals surface area contributed by atoms with E-state index in [1.807, 2.05) is 43.3 Å². The Hall–Kier alpha value is -1.80. The van der Waals surface area contributed by atoms with Crippen LogP contribution < -0.4 is 15.4 Å². The summed E-state index contributed by atoms with van der Waals surface area (Å²) in [4.78, 5) is 4.68. The lowest BCUT2D eigenvalue weighted by Crippen LogP contribution is -2.38. The van der Waals surface area contributed by atoms with E-state index in [1.54, 1.807) is 7.11 Å². The smallest absolute Gasteiger partial charge is 0.192 e. The van der Waals surface area contributed by atoms with Gasteiger partial charge in [-0.2, -0.15) is 0 Å². The first-order valence-electron chi connectivity index (χ1n) is 8.96. The highest BCUT2D eigenvalue weighted by atomic mass is 127. The summed E-state index contributed by atoms with van der Waals surface area (Å²) in [5.74, 6) is 1.59. The molecule has 3 N–H and O–H groups in total. The molecule has 0 saturated carbocycles. The summed E-state index contributed by atoms with van der Waals surface area (Å²) < 4.78 is 5.49. The number of aliphatic hydroxyl groups excluding tert-OH is 1. The molecule has 0 fully saturated rings. The summed E-state index contributed by atoms with van der Waals surface area (Å²) in [5, 5.41) is 16.2. The molecular formula is C21H30IN3O2. The Kier molecular flexibility index (Phi) is 10.2. The number of hydrogen-bond acceptors (Lipinski definition) is 3. The van der Waals surface area contributed by atoms with Gasteiger partial charge in [-0.25, -0.2) is 4.99 Å². The van der Waals surface area contributed by atoms with Gasteiger partial charge in [-0.1, -0.05) is 42.0 Å². The van der Waals surface area contributed by atoms with Gasteiger partial charge in [0.05, 0.1) is 26.3 Å². The number of halogens is 1. The zero-order chi connectivity index (χ0) is 18.9. The van der Waals surface area contributed by atoms with E-state index in [0.717, 1.165) is 34.9 Å². The van der Waals surface area contributed by atoms with Crippen LogP contribution >= 0.6 is 24.0 Å². The molecule has 2 aromatic rings. The molecule has 0 aliphatic heterocycles. The Morgan fingerprint density at radius 3 is 2.52 bits per heavy atom. The van der Waals surface area contributed by atoms with Gasteiger partial charge >= 0.3 is 0 Å². The van der Waals surface area contributed by atoms with Crippen molar-refractivity contribution in [3.63, 3.8) is 0 Å². The van der Waals surface area contributed by atoms with Crippen molar-refractivity contribution in [3.8, 4) is 5.75 Å². The Morgan fingerprint density at radius 2 is 1.89 bits per heavy atom. The van der Waals surface area contributed by atoms with Gasteiger partial charge in [0.15, 0.2) is 5.96 Å². The van der Waals surface area contributed by atoms with Crippen molar-refractivity contribution in [3.05, 3.63) is 64.7 Å². The molecule has 1 atom stereocenters. The summed E-state index contributed by atoms with van der Waals surface area (Å²) in [6.07, 6.45) is 0. The highest BCUT2D eigenvalue weighted by Gasteiger charge is 2.13. The molecule has 0 radical (unpaired) electrons. The maximum absolute atomic E-state index is 9.47. The highest BCUT2D eigenvalue weighted by Crippen LogP contribution is 2.26. The van der Waals surface area contributed by atoms with Crippen LogP contribution in [0.4, 0.5) is 0 Å².